The molecule has 4 heteroatoms. The van der Waals surface area contributed by atoms with Crippen LogP contribution in [0.25, 0.3) is 0 Å². The Morgan fingerprint density at radius 3 is 2.83 bits per heavy atom. The van der Waals surface area contributed by atoms with E-state index in [1.165, 1.54) is 45.3 Å². The summed E-state index contributed by atoms with van der Waals surface area (Å²) in [7, 11) is 0. The van der Waals surface area contributed by atoms with E-state index in [1.807, 2.05) is 0 Å². The van der Waals surface area contributed by atoms with Crippen LogP contribution in [-0.2, 0) is 4.79 Å². The second-order valence-corrected chi connectivity index (χ2v) is 6.14. The van der Waals surface area contributed by atoms with Gasteiger partial charge in [-0.05, 0) is 57.7 Å². The minimum absolute atomic E-state index is 0.245. The van der Waals surface area contributed by atoms with Gasteiger partial charge < -0.3 is 15.5 Å². The fraction of sp³-hybridized carbons (Fsp3) is 0.929. The van der Waals surface area contributed by atoms with Crippen molar-refractivity contribution >= 4 is 5.91 Å². The van der Waals surface area contributed by atoms with E-state index in [1.54, 1.807) is 0 Å². The van der Waals surface area contributed by atoms with Gasteiger partial charge in [0.25, 0.3) is 0 Å². The molecule has 2 heterocycles. The number of hydrogen-bond donors (Lipinski definition) is 2. The number of amides is 1. The van der Waals surface area contributed by atoms with Gasteiger partial charge in [0.1, 0.15) is 0 Å². The lowest BCUT2D eigenvalue weighted by Crippen LogP contribution is -2.44. The van der Waals surface area contributed by atoms with Crippen molar-refractivity contribution in [2.75, 3.05) is 26.2 Å². The molecule has 2 bridgehead atoms. The van der Waals surface area contributed by atoms with Gasteiger partial charge in [-0.15, -0.1) is 0 Å². The average molecular weight is 251 g/mol. The molecular formula is C14H25N3O. The summed E-state index contributed by atoms with van der Waals surface area (Å²) in [6, 6.07) is 1.21. The predicted molar refractivity (Wildman–Crippen MR) is 71.4 cm³/mol. The van der Waals surface area contributed by atoms with E-state index >= 15 is 0 Å². The van der Waals surface area contributed by atoms with Crippen molar-refractivity contribution in [3.8, 4) is 0 Å². The molecule has 2 N–H and O–H groups in total. The van der Waals surface area contributed by atoms with Gasteiger partial charge in [-0.2, -0.15) is 0 Å². The minimum atomic E-state index is 0.245. The standard InChI is InChI=1S/C14H25N3O/c18-14(16-12-3-4-12)2-1-7-15-13-6-9-17-8-5-11(13)10-17/h11-13,15H,1-10H2,(H,16,18). The lowest BCUT2D eigenvalue weighted by atomic mass is 9.94. The second kappa shape index (κ2) is 5.57. The maximum absolute atomic E-state index is 11.5. The van der Waals surface area contributed by atoms with Crippen LogP contribution in [0.3, 0.4) is 0 Å². The first kappa shape index (κ1) is 12.4. The fourth-order valence-electron chi connectivity index (χ4n) is 3.28. The molecule has 3 unspecified atom stereocenters. The molecule has 0 aromatic heterocycles. The summed E-state index contributed by atoms with van der Waals surface area (Å²) in [6.45, 7) is 4.85. The zero-order chi connectivity index (χ0) is 12.4. The summed E-state index contributed by atoms with van der Waals surface area (Å²) in [5.74, 6) is 1.11. The number of nitrogens with zero attached hydrogens (tertiary/aromatic N) is 1. The molecule has 3 fully saturated rings. The topological polar surface area (TPSA) is 44.4 Å². The third kappa shape index (κ3) is 3.23. The van der Waals surface area contributed by atoms with Gasteiger partial charge in [0.2, 0.25) is 5.91 Å². The predicted octanol–water partition coefficient (Wildman–Crippen LogP) is 0.729. The third-order valence-electron chi connectivity index (χ3n) is 4.56. The molecule has 3 atom stereocenters. The maximum atomic E-state index is 11.5. The van der Waals surface area contributed by atoms with Gasteiger partial charge in [-0.1, -0.05) is 0 Å². The molecule has 1 aliphatic carbocycles. The Bertz CT molecular complexity index is 303. The molecule has 102 valence electrons. The highest BCUT2D eigenvalue weighted by Gasteiger charge is 2.33. The van der Waals surface area contributed by atoms with E-state index in [-0.39, 0.29) is 5.91 Å². The number of piperidine rings is 1. The molecule has 0 aromatic rings. The van der Waals surface area contributed by atoms with Crippen LogP contribution in [0.2, 0.25) is 0 Å². The van der Waals surface area contributed by atoms with Crippen molar-refractivity contribution in [3.05, 3.63) is 0 Å². The van der Waals surface area contributed by atoms with E-state index in [4.69, 9.17) is 0 Å². The maximum Gasteiger partial charge on any atom is 0.220 e. The third-order valence-corrected chi connectivity index (χ3v) is 4.56. The Hall–Kier alpha value is -0.610. The van der Waals surface area contributed by atoms with Gasteiger partial charge >= 0.3 is 0 Å². The Kier molecular flexibility index (Phi) is 3.85. The molecule has 2 aliphatic heterocycles. The van der Waals surface area contributed by atoms with E-state index in [0.717, 1.165) is 18.9 Å². The molecule has 0 spiro atoms. The molecular weight excluding hydrogens is 226 g/mol. The van der Waals surface area contributed by atoms with Gasteiger partial charge in [0.15, 0.2) is 0 Å². The molecule has 1 amide bonds. The van der Waals surface area contributed by atoms with Crippen LogP contribution in [-0.4, -0.2) is 49.1 Å². The molecule has 3 aliphatic rings. The molecule has 3 rings (SSSR count). The van der Waals surface area contributed by atoms with Crippen molar-refractivity contribution in [3.63, 3.8) is 0 Å². The number of carbonyl (C=O) groups is 1. The lowest BCUT2D eigenvalue weighted by Gasteiger charge is -2.31. The molecule has 0 radical (unpaired) electrons. The van der Waals surface area contributed by atoms with Crippen molar-refractivity contribution in [1.82, 2.24) is 15.5 Å². The highest BCUT2D eigenvalue weighted by Crippen LogP contribution is 2.26. The number of fused-ring (bicyclic) bond motifs is 2. The summed E-state index contributed by atoms with van der Waals surface area (Å²) in [5.41, 5.74) is 0. The smallest absolute Gasteiger partial charge is 0.220 e. The Labute approximate surface area is 109 Å². The minimum Gasteiger partial charge on any atom is -0.353 e. The van der Waals surface area contributed by atoms with E-state index in [2.05, 4.69) is 15.5 Å². The van der Waals surface area contributed by atoms with Crippen LogP contribution in [0.5, 0.6) is 0 Å². The van der Waals surface area contributed by atoms with Crippen LogP contribution in [0.15, 0.2) is 0 Å². The lowest BCUT2D eigenvalue weighted by molar-refractivity contribution is -0.121. The molecule has 2 saturated heterocycles. The monoisotopic (exact) mass is 251 g/mol. The molecule has 1 saturated carbocycles. The summed E-state index contributed by atoms with van der Waals surface area (Å²) in [6.07, 6.45) is 6.69. The van der Waals surface area contributed by atoms with Crippen LogP contribution < -0.4 is 10.6 Å². The summed E-state index contributed by atoms with van der Waals surface area (Å²) >= 11 is 0. The Balaban J connectivity index is 1.28. The van der Waals surface area contributed by atoms with E-state index in [0.29, 0.717) is 18.5 Å². The average Bonchev–Trinajstić information content (AvgIpc) is 3.09. The van der Waals surface area contributed by atoms with Gasteiger partial charge in [0.05, 0.1) is 0 Å². The molecule has 0 aromatic carbocycles. The summed E-state index contributed by atoms with van der Waals surface area (Å²) < 4.78 is 0. The van der Waals surface area contributed by atoms with Crippen molar-refractivity contribution in [2.24, 2.45) is 5.92 Å². The van der Waals surface area contributed by atoms with Gasteiger partial charge in [0, 0.05) is 25.0 Å². The summed E-state index contributed by atoms with van der Waals surface area (Å²) in [5, 5.41) is 6.71. The van der Waals surface area contributed by atoms with E-state index in [9.17, 15) is 4.79 Å². The summed E-state index contributed by atoms with van der Waals surface area (Å²) in [4.78, 5) is 14.1. The zero-order valence-corrected chi connectivity index (χ0v) is 11.2. The fourth-order valence-corrected chi connectivity index (χ4v) is 3.28. The molecule has 18 heavy (non-hydrogen) atoms. The zero-order valence-electron chi connectivity index (χ0n) is 11.2. The Morgan fingerprint density at radius 2 is 2.00 bits per heavy atom. The number of nitrogens with one attached hydrogen (secondary N) is 2. The second-order valence-electron chi connectivity index (χ2n) is 6.14. The molecule has 4 nitrogen and oxygen atoms in total. The van der Waals surface area contributed by atoms with Crippen LogP contribution in [0, 0.1) is 5.92 Å². The van der Waals surface area contributed by atoms with Crippen molar-refractivity contribution in [2.45, 2.75) is 50.6 Å². The normalized spacial score (nSPS) is 34.6. The van der Waals surface area contributed by atoms with Crippen molar-refractivity contribution < 1.29 is 4.79 Å². The number of carbonyl (C=O) groups excluding carboxylic acids is 1. The van der Waals surface area contributed by atoms with E-state index < -0.39 is 0 Å². The first-order chi connectivity index (χ1) is 8.81. The highest BCUT2D eigenvalue weighted by atomic mass is 16.1. The quantitative estimate of drug-likeness (QED) is 0.684. The van der Waals surface area contributed by atoms with Gasteiger partial charge in [-0.25, -0.2) is 0 Å². The van der Waals surface area contributed by atoms with Gasteiger partial charge in [-0.3, -0.25) is 4.79 Å². The van der Waals surface area contributed by atoms with Crippen molar-refractivity contribution in [1.29, 1.82) is 0 Å². The number of hydrogen-bond acceptors (Lipinski definition) is 3. The van der Waals surface area contributed by atoms with Crippen LogP contribution in [0.1, 0.15) is 38.5 Å². The van der Waals surface area contributed by atoms with Crippen LogP contribution >= 0.6 is 0 Å². The van der Waals surface area contributed by atoms with Crippen LogP contribution in [0.4, 0.5) is 0 Å². The highest BCUT2D eigenvalue weighted by molar-refractivity contribution is 5.76. The SMILES string of the molecule is O=C(CCCNC1CCN2CCC1C2)NC1CC1. The first-order valence-electron chi connectivity index (χ1n) is 7.56. The Morgan fingerprint density at radius 1 is 1.17 bits per heavy atom. The first-order valence-corrected chi connectivity index (χ1v) is 7.56. The largest absolute Gasteiger partial charge is 0.353 e. The number of rotatable bonds is 6.